The minimum Gasteiger partial charge on any atom is -0.397 e. The molecule has 0 radical (unpaired) electrons. The maximum absolute atomic E-state index is 6.39. The van der Waals surface area contributed by atoms with E-state index in [0.29, 0.717) is 5.69 Å². The fraction of sp³-hybridized carbons (Fsp3) is 0.0217. The van der Waals surface area contributed by atoms with Gasteiger partial charge in [0, 0.05) is 45.3 Å². The zero-order valence-electron chi connectivity index (χ0n) is 28.0. The molecule has 7 aromatic rings. The molecule has 0 bridgehead atoms. The first-order valence-electron chi connectivity index (χ1n) is 16.7. The number of benzene rings is 7. The topological polar surface area (TPSA) is 44.9 Å². The van der Waals surface area contributed by atoms with E-state index in [0.717, 1.165) is 67.8 Å². The summed E-state index contributed by atoms with van der Waals surface area (Å²) in [6, 6.07) is 64.6. The summed E-state index contributed by atoms with van der Waals surface area (Å²) in [4.78, 5) is 9.64. The Morgan fingerprint density at radius 3 is 1.24 bits per heavy atom. The minimum atomic E-state index is 0.641. The minimum absolute atomic E-state index is 0.641. The molecule has 0 heterocycles. The third-order valence-electron chi connectivity index (χ3n) is 8.71. The Bertz CT molecular complexity index is 2150. The van der Waals surface area contributed by atoms with E-state index in [9.17, 15) is 0 Å². The summed E-state index contributed by atoms with van der Waals surface area (Å²) in [7, 11) is 0. The Kier molecular flexibility index (Phi) is 9.34. The molecule has 0 aromatic heterocycles. The van der Waals surface area contributed by atoms with Crippen molar-refractivity contribution in [2.45, 2.75) is 6.92 Å². The van der Waals surface area contributed by atoms with E-state index in [-0.39, 0.29) is 0 Å². The molecule has 0 atom stereocenters. The highest BCUT2D eigenvalue weighted by Crippen LogP contribution is 2.39. The van der Waals surface area contributed by atoms with Crippen molar-refractivity contribution in [3.8, 4) is 0 Å². The highest BCUT2D eigenvalue weighted by atomic mass is 15.2. The molecule has 0 saturated carbocycles. The standard InChI is InChI=1S/C46H38N4/c1-34-16-15-25-44(47)45(34)48-46(37-17-7-3-8-18-37)35(2)36-26-28-41(29-27-36)50(40-23-13-6-14-24-40)43-32-30-42(31-33-43)49(38-19-9-4-10-20-38)39-21-11-5-12-22-39/h3-33H,2,47H2,1H3/b48-46+. The molecule has 4 heteroatoms. The first kappa shape index (κ1) is 31.9. The number of rotatable bonds is 10. The van der Waals surface area contributed by atoms with E-state index >= 15 is 0 Å². The Labute approximate surface area is 294 Å². The molecule has 0 aliphatic heterocycles. The summed E-state index contributed by atoms with van der Waals surface area (Å²) in [5.41, 5.74) is 18.8. The van der Waals surface area contributed by atoms with Crippen molar-refractivity contribution >= 4 is 56.8 Å². The average Bonchev–Trinajstić information content (AvgIpc) is 3.17. The molecule has 242 valence electrons. The number of aliphatic imine (C=N–C) groups is 1. The predicted molar refractivity (Wildman–Crippen MR) is 213 cm³/mol. The smallest absolute Gasteiger partial charge is 0.0895 e. The molecule has 7 rings (SSSR count). The SMILES string of the molecule is C=C(/C(=N\c1c(C)cccc1N)c1ccccc1)c1ccc(N(c2ccccc2)c2ccc(N(c3ccccc3)c3ccccc3)cc2)cc1. The van der Waals surface area contributed by atoms with E-state index in [1.165, 1.54) is 0 Å². The van der Waals surface area contributed by atoms with Gasteiger partial charge in [-0.1, -0.05) is 116 Å². The van der Waals surface area contributed by atoms with Gasteiger partial charge in [0.25, 0.3) is 0 Å². The van der Waals surface area contributed by atoms with Crippen molar-refractivity contribution < 1.29 is 0 Å². The van der Waals surface area contributed by atoms with Gasteiger partial charge in [0.05, 0.1) is 17.1 Å². The van der Waals surface area contributed by atoms with Crippen LogP contribution in [0.15, 0.2) is 200 Å². The Morgan fingerprint density at radius 2 is 0.820 bits per heavy atom. The number of aryl methyl sites for hydroxylation is 1. The number of hydrogen-bond acceptors (Lipinski definition) is 4. The molecular weight excluding hydrogens is 609 g/mol. The summed E-state index contributed by atoms with van der Waals surface area (Å²) in [6.07, 6.45) is 0. The number of para-hydroxylation sites is 4. The molecule has 0 spiro atoms. The zero-order chi connectivity index (χ0) is 34.3. The van der Waals surface area contributed by atoms with Gasteiger partial charge in [0.1, 0.15) is 0 Å². The second-order valence-electron chi connectivity index (χ2n) is 12.1. The fourth-order valence-electron chi connectivity index (χ4n) is 6.17. The van der Waals surface area contributed by atoms with Gasteiger partial charge in [-0.25, -0.2) is 4.99 Å². The maximum Gasteiger partial charge on any atom is 0.0895 e. The fourth-order valence-corrected chi connectivity index (χ4v) is 6.17. The Balaban J connectivity index is 1.25. The number of anilines is 7. The maximum atomic E-state index is 6.39. The molecule has 2 N–H and O–H groups in total. The van der Waals surface area contributed by atoms with Crippen LogP contribution in [0.1, 0.15) is 16.7 Å². The summed E-state index contributed by atoms with van der Waals surface area (Å²) >= 11 is 0. The number of nitrogens with zero attached hydrogens (tertiary/aromatic N) is 3. The number of nitrogen functional groups attached to an aromatic ring is 1. The van der Waals surface area contributed by atoms with E-state index in [4.69, 9.17) is 10.7 Å². The molecule has 0 aliphatic carbocycles. The first-order valence-corrected chi connectivity index (χ1v) is 16.7. The van der Waals surface area contributed by atoms with E-state index in [1.54, 1.807) is 0 Å². The summed E-state index contributed by atoms with van der Waals surface area (Å²) in [5.74, 6) is 0. The van der Waals surface area contributed by atoms with Gasteiger partial charge in [-0.05, 0) is 96.9 Å². The molecule has 0 aliphatic rings. The molecule has 7 aromatic carbocycles. The Morgan fingerprint density at radius 1 is 0.440 bits per heavy atom. The van der Waals surface area contributed by atoms with Crippen molar-refractivity contribution in [1.82, 2.24) is 0 Å². The van der Waals surface area contributed by atoms with Gasteiger partial charge in [-0.15, -0.1) is 0 Å². The molecule has 50 heavy (non-hydrogen) atoms. The number of nitrogens with two attached hydrogens (primary N) is 1. The molecular formula is C46H38N4. The van der Waals surface area contributed by atoms with Crippen LogP contribution in [0.3, 0.4) is 0 Å². The van der Waals surface area contributed by atoms with Crippen LogP contribution < -0.4 is 15.5 Å². The molecule has 0 saturated heterocycles. The van der Waals surface area contributed by atoms with Crippen molar-refractivity contribution in [3.63, 3.8) is 0 Å². The monoisotopic (exact) mass is 646 g/mol. The highest BCUT2D eigenvalue weighted by Gasteiger charge is 2.17. The second-order valence-corrected chi connectivity index (χ2v) is 12.1. The van der Waals surface area contributed by atoms with Crippen LogP contribution in [0.5, 0.6) is 0 Å². The largest absolute Gasteiger partial charge is 0.397 e. The van der Waals surface area contributed by atoms with E-state index in [2.05, 4.69) is 150 Å². The van der Waals surface area contributed by atoms with Crippen molar-refractivity contribution in [2.24, 2.45) is 4.99 Å². The summed E-state index contributed by atoms with van der Waals surface area (Å²) in [5, 5.41) is 0. The predicted octanol–water partition coefficient (Wildman–Crippen LogP) is 12.4. The van der Waals surface area contributed by atoms with Crippen LogP contribution in [-0.2, 0) is 0 Å². The number of hydrogen-bond donors (Lipinski definition) is 1. The van der Waals surface area contributed by atoms with Crippen LogP contribution in [0, 0.1) is 6.92 Å². The van der Waals surface area contributed by atoms with E-state index in [1.807, 2.05) is 61.5 Å². The lowest BCUT2D eigenvalue weighted by molar-refractivity contribution is 1.25. The van der Waals surface area contributed by atoms with Gasteiger partial charge in [0.15, 0.2) is 0 Å². The quantitative estimate of drug-likeness (QED) is 0.119. The van der Waals surface area contributed by atoms with Gasteiger partial charge in [-0.2, -0.15) is 0 Å². The highest BCUT2D eigenvalue weighted by molar-refractivity contribution is 6.32. The normalized spacial score (nSPS) is 11.2. The van der Waals surface area contributed by atoms with Crippen molar-refractivity contribution in [2.75, 3.05) is 15.5 Å². The molecule has 0 fully saturated rings. The van der Waals surface area contributed by atoms with E-state index < -0.39 is 0 Å². The zero-order valence-corrected chi connectivity index (χ0v) is 28.0. The van der Waals surface area contributed by atoms with Crippen molar-refractivity contribution in [1.29, 1.82) is 0 Å². The van der Waals surface area contributed by atoms with Crippen LogP contribution in [-0.4, -0.2) is 5.71 Å². The van der Waals surface area contributed by atoms with Gasteiger partial charge < -0.3 is 15.5 Å². The lowest BCUT2D eigenvalue weighted by Crippen LogP contribution is -2.12. The summed E-state index contributed by atoms with van der Waals surface area (Å²) < 4.78 is 0. The van der Waals surface area contributed by atoms with Crippen LogP contribution >= 0.6 is 0 Å². The van der Waals surface area contributed by atoms with Gasteiger partial charge in [-0.3, -0.25) is 0 Å². The van der Waals surface area contributed by atoms with Crippen LogP contribution in [0.25, 0.3) is 5.57 Å². The Hall–Kier alpha value is -6.65. The molecule has 4 nitrogen and oxygen atoms in total. The second kappa shape index (κ2) is 14.6. The number of allylic oxidation sites excluding steroid dienone is 1. The van der Waals surface area contributed by atoms with Crippen molar-refractivity contribution in [3.05, 3.63) is 211 Å². The lowest BCUT2D eigenvalue weighted by atomic mass is 9.96. The van der Waals surface area contributed by atoms with Gasteiger partial charge >= 0.3 is 0 Å². The third kappa shape index (κ3) is 6.82. The third-order valence-corrected chi connectivity index (χ3v) is 8.71. The molecule has 0 amide bonds. The average molecular weight is 647 g/mol. The first-order chi connectivity index (χ1) is 24.6. The summed E-state index contributed by atoms with van der Waals surface area (Å²) in [6.45, 7) is 6.56. The molecule has 0 unspecified atom stereocenters. The van der Waals surface area contributed by atoms with Gasteiger partial charge in [0.2, 0.25) is 0 Å². The van der Waals surface area contributed by atoms with Crippen LogP contribution in [0.4, 0.5) is 45.5 Å². The lowest BCUT2D eigenvalue weighted by Gasteiger charge is -2.28. The van der Waals surface area contributed by atoms with Crippen LogP contribution in [0.2, 0.25) is 0 Å².